The van der Waals surface area contributed by atoms with E-state index in [0.717, 1.165) is 35.4 Å². The lowest BCUT2D eigenvalue weighted by Gasteiger charge is -2.14. The van der Waals surface area contributed by atoms with E-state index in [2.05, 4.69) is 16.3 Å². The summed E-state index contributed by atoms with van der Waals surface area (Å²) < 4.78 is 13.0. The van der Waals surface area contributed by atoms with Crippen molar-refractivity contribution < 1.29 is 9.18 Å². The molecule has 0 radical (unpaired) electrons. The summed E-state index contributed by atoms with van der Waals surface area (Å²) in [6, 6.07) is 17.4. The van der Waals surface area contributed by atoms with Crippen molar-refractivity contribution >= 4 is 12.0 Å². The first kappa shape index (κ1) is 20.0. The van der Waals surface area contributed by atoms with Crippen LogP contribution in [-0.2, 0) is 11.2 Å². The second-order valence-electron chi connectivity index (χ2n) is 6.68. The van der Waals surface area contributed by atoms with E-state index in [0.29, 0.717) is 12.1 Å². The summed E-state index contributed by atoms with van der Waals surface area (Å²) in [6.07, 6.45) is 4.67. The molecule has 3 aromatic rings. The average Bonchev–Trinajstić information content (AvgIpc) is 3.21. The quantitative estimate of drug-likeness (QED) is 0.617. The summed E-state index contributed by atoms with van der Waals surface area (Å²) in [4.78, 5) is 13.9. The van der Waals surface area contributed by atoms with Crippen LogP contribution < -0.4 is 0 Å². The molecule has 0 unspecified atom stereocenters. The number of aryl methyl sites for hydroxylation is 1. The molecule has 0 saturated heterocycles. The maximum absolute atomic E-state index is 13.0. The van der Waals surface area contributed by atoms with Crippen LogP contribution in [0.4, 0.5) is 4.39 Å². The van der Waals surface area contributed by atoms with Crippen molar-refractivity contribution in [2.45, 2.75) is 12.8 Å². The van der Waals surface area contributed by atoms with Gasteiger partial charge in [-0.25, -0.2) is 4.39 Å². The van der Waals surface area contributed by atoms with E-state index in [4.69, 9.17) is 5.26 Å². The molecule has 146 valence electrons. The maximum atomic E-state index is 13.0. The Morgan fingerprint density at radius 1 is 1.24 bits per heavy atom. The van der Waals surface area contributed by atoms with Crippen molar-refractivity contribution in [1.29, 1.82) is 5.26 Å². The van der Waals surface area contributed by atoms with Gasteiger partial charge in [0.1, 0.15) is 5.82 Å². The second kappa shape index (κ2) is 9.47. The predicted octanol–water partition coefficient (Wildman–Crippen LogP) is 4.19. The first-order chi connectivity index (χ1) is 14.1. The highest BCUT2D eigenvalue weighted by molar-refractivity contribution is 5.91. The van der Waals surface area contributed by atoms with E-state index in [-0.39, 0.29) is 11.7 Å². The zero-order valence-corrected chi connectivity index (χ0v) is 16.1. The molecular weight excluding hydrogens is 367 g/mol. The molecule has 1 heterocycles. The molecule has 0 saturated carbocycles. The van der Waals surface area contributed by atoms with Crippen LogP contribution in [0.1, 0.15) is 23.2 Å². The fourth-order valence-electron chi connectivity index (χ4n) is 2.91. The Labute approximate surface area is 169 Å². The Morgan fingerprint density at radius 3 is 2.76 bits per heavy atom. The molecule has 0 aliphatic heterocycles. The number of H-pyrrole nitrogens is 1. The highest BCUT2D eigenvalue weighted by Crippen LogP contribution is 2.18. The molecule has 2 aromatic carbocycles. The van der Waals surface area contributed by atoms with Crippen LogP contribution in [0, 0.1) is 17.1 Å². The first-order valence-electron chi connectivity index (χ1n) is 9.29. The number of hydrogen-bond donors (Lipinski definition) is 1. The van der Waals surface area contributed by atoms with Crippen LogP contribution in [0.15, 0.2) is 60.7 Å². The standard InChI is InChI=1S/C23H21FN4O/c1-28(23(29)13-10-17-5-2-3-6-19(17)16-25)14-4-7-21-15-22(27-26-21)18-8-11-20(24)12-9-18/h2-3,5-6,8-13,15H,4,7,14H2,1H3,(H,26,27)/b13-10+. The van der Waals surface area contributed by atoms with Gasteiger partial charge < -0.3 is 4.90 Å². The smallest absolute Gasteiger partial charge is 0.246 e. The van der Waals surface area contributed by atoms with Crippen LogP contribution in [0.2, 0.25) is 0 Å². The van der Waals surface area contributed by atoms with Crippen LogP contribution in [-0.4, -0.2) is 34.6 Å². The fourth-order valence-corrected chi connectivity index (χ4v) is 2.91. The van der Waals surface area contributed by atoms with Gasteiger partial charge in [-0.2, -0.15) is 10.4 Å². The van der Waals surface area contributed by atoms with Crippen molar-refractivity contribution in [2.24, 2.45) is 0 Å². The first-order valence-corrected chi connectivity index (χ1v) is 9.29. The van der Waals surface area contributed by atoms with Gasteiger partial charge in [0.05, 0.1) is 17.3 Å². The minimum Gasteiger partial charge on any atom is -0.342 e. The van der Waals surface area contributed by atoms with Gasteiger partial charge in [0.25, 0.3) is 0 Å². The van der Waals surface area contributed by atoms with Crippen molar-refractivity contribution in [3.05, 3.63) is 83.3 Å². The lowest BCUT2D eigenvalue weighted by atomic mass is 10.1. The Morgan fingerprint density at radius 2 is 2.00 bits per heavy atom. The highest BCUT2D eigenvalue weighted by Gasteiger charge is 2.08. The van der Waals surface area contributed by atoms with Gasteiger partial charge >= 0.3 is 0 Å². The number of carbonyl (C=O) groups is 1. The topological polar surface area (TPSA) is 72.8 Å². The Bertz CT molecular complexity index is 1050. The van der Waals surface area contributed by atoms with E-state index in [1.165, 1.54) is 18.2 Å². The van der Waals surface area contributed by atoms with Crippen molar-refractivity contribution in [2.75, 3.05) is 13.6 Å². The zero-order valence-electron chi connectivity index (χ0n) is 16.1. The minimum absolute atomic E-state index is 0.116. The summed E-state index contributed by atoms with van der Waals surface area (Å²) in [5.41, 5.74) is 3.84. The summed E-state index contributed by atoms with van der Waals surface area (Å²) >= 11 is 0. The average molecular weight is 388 g/mol. The molecular formula is C23H21FN4O. The number of amides is 1. The lowest BCUT2D eigenvalue weighted by molar-refractivity contribution is -0.124. The summed E-state index contributed by atoms with van der Waals surface area (Å²) in [5.74, 6) is -0.392. The molecule has 0 aliphatic carbocycles. The molecule has 0 atom stereocenters. The van der Waals surface area contributed by atoms with Gasteiger partial charge in [-0.3, -0.25) is 9.89 Å². The largest absolute Gasteiger partial charge is 0.342 e. The van der Waals surface area contributed by atoms with Gasteiger partial charge in [-0.05, 0) is 60.9 Å². The lowest BCUT2D eigenvalue weighted by Crippen LogP contribution is -2.26. The minimum atomic E-state index is -0.276. The molecule has 0 fully saturated rings. The van der Waals surface area contributed by atoms with E-state index in [1.54, 1.807) is 48.4 Å². The molecule has 5 nitrogen and oxygen atoms in total. The Kier molecular flexibility index (Phi) is 6.54. The number of carbonyl (C=O) groups excluding carboxylic acids is 1. The van der Waals surface area contributed by atoms with Crippen LogP contribution in [0.5, 0.6) is 0 Å². The maximum Gasteiger partial charge on any atom is 0.246 e. The van der Waals surface area contributed by atoms with Crippen LogP contribution >= 0.6 is 0 Å². The Hall–Kier alpha value is -3.72. The molecule has 1 N–H and O–H groups in total. The number of aromatic nitrogens is 2. The molecule has 1 aromatic heterocycles. The zero-order chi connectivity index (χ0) is 20.6. The number of hydrogen-bond acceptors (Lipinski definition) is 3. The molecule has 6 heteroatoms. The van der Waals surface area contributed by atoms with Gasteiger partial charge in [0.2, 0.25) is 5.91 Å². The number of nitriles is 1. The van der Waals surface area contributed by atoms with Crippen molar-refractivity contribution in [3.8, 4) is 17.3 Å². The molecule has 0 aliphatic rings. The summed E-state index contributed by atoms with van der Waals surface area (Å²) in [5, 5.41) is 16.4. The van der Waals surface area contributed by atoms with Gasteiger partial charge in [0, 0.05) is 30.9 Å². The molecule has 0 bridgehead atoms. The number of nitrogens with zero attached hydrogens (tertiary/aromatic N) is 3. The normalized spacial score (nSPS) is 10.8. The summed E-state index contributed by atoms with van der Waals surface area (Å²) in [6.45, 7) is 0.591. The van der Waals surface area contributed by atoms with E-state index in [1.807, 2.05) is 12.1 Å². The molecule has 29 heavy (non-hydrogen) atoms. The third-order valence-corrected chi connectivity index (χ3v) is 4.57. The van der Waals surface area contributed by atoms with Gasteiger partial charge in [0.15, 0.2) is 0 Å². The number of halogens is 1. The number of aromatic amines is 1. The van der Waals surface area contributed by atoms with E-state index in [9.17, 15) is 9.18 Å². The van der Waals surface area contributed by atoms with E-state index >= 15 is 0 Å². The third-order valence-electron chi connectivity index (χ3n) is 4.57. The van der Waals surface area contributed by atoms with Crippen molar-refractivity contribution in [3.63, 3.8) is 0 Å². The predicted molar refractivity (Wildman–Crippen MR) is 110 cm³/mol. The number of benzene rings is 2. The van der Waals surface area contributed by atoms with Crippen LogP contribution in [0.3, 0.4) is 0 Å². The van der Waals surface area contributed by atoms with Gasteiger partial charge in [-0.1, -0.05) is 18.2 Å². The second-order valence-corrected chi connectivity index (χ2v) is 6.68. The number of likely N-dealkylation sites (N-methyl/N-ethyl adjacent to an activating group) is 1. The fraction of sp³-hybridized carbons (Fsp3) is 0.174. The van der Waals surface area contributed by atoms with E-state index < -0.39 is 0 Å². The van der Waals surface area contributed by atoms with Gasteiger partial charge in [-0.15, -0.1) is 0 Å². The highest BCUT2D eigenvalue weighted by atomic mass is 19.1. The molecule has 1 amide bonds. The monoisotopic (exact) mass is 388 g/mol. The number of rotatable bonds is 7. The molecule has 0 spiro atoms. The Balaban J connectivity index is 1.50. The molecule has 3 rings (SSSR count). The van der Waals surface area contributed by atoms with Crippen LogP contribution in [0.25, 0.3) is 17.3 Å². The number of nitrogens with one attached hydrogen (secondary N) is 1. The summed E-state index contributed by atoms with van der Waals surface area (Å²) in [7, 11) is 1.75. The van der Waals surface area contributed by atoms with Crippen molar-refractivity contribution in [1.82, 2.24) is 15.1 Å². The third kappa shape index (κ3) is 5.39. The SMILES string of the molecule is CN(CCCc1cc(-c2ccc(F)cc2)n[nH]1)C(=O)/C=C/c1ccccc1C#N.